The van der Waals surface area contributed by atoms with E-state index in [1.165, 1.54) is 0 Å². The number of hydrogen-bond donors (Lipinski definition) is 2. The molecule has 0 spiro atoms. The standard InChI is InChI=1S/C20H23ClN2O4/c1-13-4-3-5-14(2)18(13)26-7-6-22-20(24)23-12-15-10-16(21)19-17(11-15)25-8-9-27-19/h3-5,10-11H,6-9,12H2,1-2H3,(H2,22,23,24). The topological polar surface area (TPSA) is 68.8 Å². The molecule has 0 aromatic heterocycles. The molecule has 2 aromatic rings. The zero-order valence-corrected chi connectivity index (χ0v) is 16.2. The minimum absolute atomic E-state index is 0.272. The third kappa shape index (κ3) is 4.98. The first-order chi connectivity index (χ1) is 13.0. The van der Waals surface area contributed by atoms with Gasteiger partial charge in [0, 0.05) is 6.54 Å². The Morgan fingerprint density at radius 2 is 1.89 bits per heavy atom. The second-order valence-corrected chi connectivity index (χ2v) is 6.69. The summed E-state index contributed by atoms with van der Waals surface area (Å²) in [7, 11) is 0. The predicted octanol–water partition coefficient (Wildman–Crippen LogP) is 3.61. The molecule has 7 heteroatoms. The Hall–Kier alpha value is -2.60. The molecule has 1 heterocycles. The molecule has 0 saturated heterocycles. The summed E-state index contributed by atoms with van der Waals surface area (Å²) in [5, 5.41) is 6.05. The van der Waals surface area contributed by atoms with Gasteiger partial charge in [-0.25, -0.2) is 4.79 Å². The number of nitrogens with one attached hydrogen (secondary N) is 2. The molecule has 0 saturated carbocycles. The Kier molecular flexibility index (Phi) is 6.29. The summed E-state index contributed by atoms with van der Waals surface area (Å²) in [4.78, 5) is 12.0. The summed E-state index contributed by atoms with van der Waals surface area (Å²) in [5.74, 6) is 2.03. The van der Waals surface area contributed by atoms with Crippen molar-refractivity contribution < 1.29 is 19.0 Å². The minimum Gasteiger partial charge on any atom is -0.491 e. The van der Waals surface area contributed by atoms with E-state index in [2.05, 4.69) is 10.6 Å². The summed E-state index contributed by atoms with van der Waals surface area (Å²) >= 11 is 6.20. The fourth-order valence-corrected chi connectivity index (χ4v) is 3.14. The summed E-state index contributed by atoms with van der Waals surface area (Å²) in [6.45, 7) is 6.11. The zero-order valence-electron chi connectivity index (χ0n) is 15.4. The second-order valence-electron chi connectivity index (χ2n) is 6.28. The maximum Gasteiger partial charge on any atom is 0.315 e. The number of carbonyl (C=O) groups excluding carboxylic acids is 1. The van der Waals surface area contributed by atoms with Crippen LogP contribution in [0.2, 0.25) is 5.02 Å². The third-order valence-corrected chi connectivity index (χ3v) is 4.43. The van der Waals surface area contributed by atoms with Crippen LogP contribution in [-0.2, 0) is 6.54 Å². The van der Waals surface area contributed by atoms with Crippen LogP contribution in [0.15, 0.2) is 30.3 Å². The fourth-order valence-electron chi connectivity index (χ4n) is 2.86. The average molecular weight is 391 g/mol. The van der Waals surface area contributed by atoms with Crippen LogP contribution in [0.25, 0.3) is 0 Å². The number of halogens is 1. The second kappa shape index (κ2) is 8.86. The Morgan fingerprint density at radius 1 is 1.15 bits per heavy atom. The van der Waals surface area contributed by atoms with E-state index < -0.39 is 0 Å². The van der Waals surface area contributed by atoms with E-state index in [9.17, 15) is 4.79 Å². The number of ether oxygens (including phenoxy) is 3. The molecule has 0 aliphatic carbocycles. The van der Waals surface area contributed by atoms with Crippen molar-refractivity contribution in [3.63, 3.8) is 0 Å². The van der Waals surface area contributed by atoms with Crippen molar-refractivity contribution in [2.45, 2.75) is 20.4 Å². The van der Waals surface area contributed by atoms with Crippen molar-refractivity contribution in [3.05, 3.63) is 52.0 Å². The van der Waals surface area contributed by atoms with Crippen molar-refractivity contribution in [3.8, 4) is 17.2 Å². The molecule has 0 fully saturated rings. The lowest BCUT2D eigenvalue weighted by molar-refractivity contribution is 0.171. The minimum atomic E-state index is -0.272. The lowest BCUT2D eigenvalue weighted by Gasteiger charge is -2.20. The molecule has 3 rings (SSSR count). The van der Waals surface area contributed by atoms with Gasteiger partial charge in [-0.05, 0) is 42.7 Å². The van der Waals surface area contributed by atoms with Gasteiger partial charge in [0.2, 0.25) is 0 Å². The quantitative estimate of drug-likeness (QED) is 0.739. The van der Waals surface area contributed by atoms with Gasteiger partial charge in [0.15, 0.2) is 11.5 Å². The van der Waals surface area contributed by atoms with Gasteiger partial charge >= 0.3 is 6.03 Å². The van der Waals surface area contributed by atoms with E-state index in [1.54, 1.807) is 6.07 Å². The van der Waals surface area contributed by atoms with Crippen LogP contribution < -0.4 is 24.8 Å². The lowest BCUT2D eigenvalue weighted by atomic mass is 10.1. The molecule has 27 heavy (non-hydrogen) atoms. The molecule has 2 N–H and O–H groups in total. The number of carbonyl (C=O) groups is 1. The Morgan fingerprint density at radius 3 is 2.67 bits per heavy atom. The van der Waals surface area contributed by atoms with Gasteiger partial charge < -0.3 is 24.8 Å². The number of benzene rings is 2. The molecule has 1 aliphatic heterocycles. The normalized spacial score (nSPS) is 12.4. The highest BCUT2D eigenvalue weighted by molar-refractivity contribution is 6.32. The number of aryl methyl sites for hydroxylation is 2. The third-order valence-electron chi connectivity index (χ3n) is 4.15. The molecule has 144 valence electrons. The van der Waals surface area contributed by atoms with Gasteiger partial charge in [0.05, 0.1) is 11.6 Å². The maximum atomic E-state index is 12.0. The van der Waals surface area contributed by atoms with Crippen molar-refractivity contribution in [2.75, 3.05) is 26.4 Å². The van der Waals surface area contributed by atoms with E-state index in [4.69, 9.17) is 25.8 Å². The van der Waals surface area contributed by atoms with Crippen molar-refractivity contribution in [1.82, 2.24) is 10.6 Å². The van der Waals surface area contributed by atoms with Crippen LogP contribution in [0.1, 0.15) is 16.7 Å². The number of para-hydroxylation sites is 1. The first kappa shape index (κ1) is 19.2. The molecule has 0 atom stereocenters. The highest BCUT2D eigenvalue weighted by Gasteiger charge is 2.16. The highest BCUT2D eigenvalue weighted by Crippen LogP contribution is 2.38. The van der Waals surface area contributed by atoms with Crippen molar-refractivity contribution in [2.24, 2.45) is 0 Å². The Labute approximate surface area is 163 Å². The molecule has 0 unspecified atom stereocenters. The van der Waals surface area contributed by atoms with Crippen LogP contribution in [0.5, 0.6) is 17.2 Å². The highest BCUT2D eigenvalue weighted by atomic mass is 35.5. The SMILES string of the molecule is Cc1cccc(C)c1OCCNC(=O)NCc1cc(Cl)c2c(c1)OCCO2. The summed E-state index contributed by atoms with van der Waals surface area (Å²) in [6.07, 6.45) is 0. The van der Waals surface area contributed by atoms with Gasteiger partial charge in [-0.2, -0.15) is 0 Å². The zero-order chi connectivity index (χ0) is 19.2. The first-order valence-corrected chi connectivity index (χ1v) is 9.21. The van der Waals surface area contributed by atoms with Gasteiger partial charge in [0.25, 0.3) is 0 Å². The fraction of sp³-hybridized carbons (Fsp3) is 0.350. The number of fused-ring (bicyclic) bond motifs is 1. The number of urea groups is 1. The predicted molar refractivity (Wildman–Crippen MR) is 104 cm³/mol. The molecule has 0 bridgehead atoms. The first-order valence-electron chi connectivity index (χ1n) is 8.83. The van der Waals surface area contributed by atoms with Crippen LogP contribution in [0, 0.1) is 13.8 Å². The lowest BCUT2D eigenvalue weighted by Crippen LogP contribution is -2.37. The van der Waals surface area contributed by atoms with Crippen molar-refractivity contribution in [1.29, 1.82) is 0 Å². The van der Waals surface area contributed by atoms with E-state index in [0.717, 1.165) is 22.4 Å². The van der Waals surface area contributed by atoms with E-state index in [-0.39, 0.29) is 6.03 Å². The van der Waals surface area contributed by atoms with Crippen LogP contribution in [-0.4, -0.2) is 32.4 Å². The largest absolute Gasteiger partial charge is 0.491 e. The van der Waals surface area contributed by atoms with E-state index >= 15 is 0 Å². The van der Waals surface area contributed by atoms with Gasteiger partial charge in [-0.3, -0.25) is 0 Å². The molecule has 0 radical (unpaired) electrons. The average Bonchev–Trinajstić information content (AvgIpc) is 2.65. The molecule has 6 nitrogen and oxygen atoms in total. The van der Waals surface area contributed by atoms with E-state index in [1.807, 2.05) is 38.1 Å². The summed E-state index contributed by atoms with van der Waals surface area (Å²) in [5.41, 5.74) is 3.00. The molecular weight excluding hydrogens is 368 g/mol. The smallest absolute Gasteiger partial charge is 0.315 e. The van der Waals surface area contributed by atoms with Crippen LogP contribution in [0.3, 0.4) is 0 Å². The monoisotopic (exact) mass is 390 g/mol. The summed E-state index contributed by atoms with van der Waals surface area (Å²) in [6, 6.07) is 9.31. The molecule has 2 amide bonds. The molecule has 1 aliphatic rings. The van der Waals surface area contributed by atoms with E-state index in [0.29, 0.717) is 49.4 Å². The maximum absolute atomic E-state index is 12.0. The van der Waals surface area contributed by atoms with Gasteiger partial charge in [0.1, 0.15) is 25.6 Å². The Bertz CT molecular complexity index is 806. The number of amides is 2. The molecule has 2 aromatic carbocycles. The van der Waals surface area contributed by atoms with Gasteiger partial charge in [-0.15, -0.1) is 0 Å². The number of rotatable bonds is 6. The Balaban J connectivity index is 1.43. The van der Waals surface area contributed by atoms with Crippen LogP contribution in [0.4, 0.5) is 4.79 Å². The van der Waals surface area contributed by atoms with Crippen LogP contribution >= 0.6 is 11.6 Å². The molecular formula is C20H23ClN2O4. The van der Waals surface area contributed by atoms with Gasteiger partial charge in [-0.1, -0.05) is 29.8 Å². The number of hydrogen-bond acceptors (Lipinski definition) is 4. The summed E-state index contributed by atoms with van der Waals surface area (Å²) < 4.78 is 16.8. The van der Waals surface area contributed by atoms with Crippen molar-refractivity contribution >= 4 is 17.6 Å².